The fourth-order valence-corrected chi connectivity index (χ4v) is 3.04. The molecule has 27 heavy (non-hydrogen) atoms. The number of nitrogens with zero attached hydrogens (tertiary/aromatic N) is 2. The number of halogens is 1. The van der Waals surface area contributed by atoms with Crippen molar-refractivity contribution in [3.05, 3.63) is 82.6 Å². The summed E-state index contributed by atoms with van der Waals surface area (Å²) < 4.78 is 7.01. The molecule has 0 saturated carbocycles. The molecule has 3 aromatic rings. The number of amides is 1. The number of rotatable bonds is 8. The third-order valence-corrected chi connectivity index (χ3v) is 4.57. The van der Waals surface area contributed by atoms with E-state index in [-0.39, 0.29) is 5.91 Å². The topological polar surface area (TPSA) is 56.1 Å². The number of ether oxygens (including phenoxy) is 1. The van der Waals surface area contributed by atoms with E-state index in [0.717, 1.165) is 17.7 Å². The monoisotopic (exact) mass is 383 g/mol. The van der Waals surface area contributed by atoms with E-state index in [1.165, 1.54) is 5.56 Å². The van der Waals surface area contributed by atoms with Gasteiger partial charge in [0.2, 0.25) is 5.91 Å². The van der Waals surface area contributed by atoms with Crippen molar-refractivity contribution in [3.8, 4) is 5.75 Å². The first-order valence-corrected chi connectivity index (χ1v) is 9.16. The van der Waals surface area contributed by atoms with Crippen molar-refractivity contribution in [2.75, 3.05) is 7.11 Å². The van der Waals surface area contributed by atoms with E-state index in [4.69, 9.17) is 16.3 Å². The number of methoxy groups -OCH3 is 1. The van der Waals surface area contributed by atoms with Crippen LogP contribution in [-0.4, -0.2) is 22.8 Å². The number of hydrogen-bond acceptors (Lipinski definition) is 3. The molecule has 0 aliphatic carbocycles. The second kappa shape index (κ2) is 9.24. The SMILES string of the molecule is COc1ccc(CCC(=O)NCc2ccc(Cn3cccn3)cc2)cc1Cl. The van der Waals surface area contributed by atoms with E-state index in [2.05, 4.69) is 22.5 Å². The molecule has 0 atom stereocenters. The average molecular weight is 384 g/mol. The lowest BCUT2D eigenvalue weighted by Crippen LogP contribution is -2.23. The maximum Gasteiger partial charge on any atom is 0.220 e. The first-order chi connectivity index (χ1) is 13.1. The Morgan fingerprint density at radius 3 is 2.56 bits per heavy atom. The average Bonchev–Trinajstić information content (AvgIpc) is 3.19. The quantitative estimate of drug-likeness (QED) is 0.643. The third-order valence-electron chi connectivity index (χ3n) is 4.27. The maximum absolute atomic E-state index is 12.1. The zero-order valence-electron chi connectivity index (χ0n) is 15.2. The summed E-state index contributed by atoms with van der Waals surface area (Å²) in [4.78, 5) is 12.1. The van der Waals surface area contributed by atoms with Gasteiger partial charge in [0.15, 0.2) is 0 Å². The number of aryl methyl sites for hydroxylation is 1. The van der Waals surface area contributed by atoms with Crippen molar-refractivity contribution >= 4 is 17.5 Å². The lowest BCUT2D eigenvalue weighted by Gasteiger charge is -2.08. The van der Waals surface area contributed by atoms with Gasteiger partial charge in [0, 0.05) is 25.4 Å². The highest BCUT2D eigenvalue weighted by molar-refractivity contribution is 6.32. The number of nitrogens with one attached hydrogen (secondary N) is 1. The maximum atomic E-state index is 12.1. The lowest BCUT2D eigenvalue weighted by molar-refractivity contribution is -0.121. The van der Waals surface area contributed by atoms with Crippen LogP contribution in [0.1, 0.15) is 23.1 Å². The van der Waals surface area contributed by atoms with Crippen LogP contribution < -0.4 is 10.1 Å². The van der Waals surface area contributed by atoms with Crippen molar-refractivity contribution in [3.63, 3.8) is 0 Å². The van der Waals surface area contributed by atoms with Crippen LogP contribution in [0.25, 0.3) is 0 Å². The molecule has 0 spiro atoms. The Bertz CT molecular complexity index is 877. The fourth-order valence-electron chi connectivity index (χ4n) is 2.76. The number of carbonyl (C=O) groups is 1. The van der Waals surface area contributed by atoms with E-state index in [9.17, 15) is 4.79 Å². The molecule has 0 fully saturated rings. The van der Waals surface area contributed by atoms with E-state index >= 15 is 0 Å². The molecule has 0 unspecified atom stereocenters. The third kappa shape index (κ3) is 5.59. The molecule has 1 N–H and O–H groups in total. The van der Waals surface area contributed by atoms with Gasteiger partial charge in [-0.1, -0.05) is 41.9 Å². The summed E-state index contributed by atoms with van der Waals surface area (Å²) in [5.74, 6) is 0.656. The molecule has 3 rings (SSSR count). The molecule has 0 saturated heterocycles. The molecule has 0 radical (unpaired) electrons. The van der Waals surface area contributed by atoms with E-state index in [1.54, 1.807) is 13.3 Å². The zero-order chi connectivity index (χ0) is 19.1. The van der Waals surface area contributed by atoms with Gasteiger partial charge in [-0.3, -0.25) is 9.48 Å². The molecule has 6 heteroatoms. The van der Waals surface area contributed by atoms with Gasteiger partial charge in [-0.05, 0) is 41.3 Å². The summed E-state index contributed by atoms with van der Waals surface area (Å²) in [7, 11) is 1.58. The standard InChI is InChI=1S/C21H22ClN3O2/c1-27-20-9-7-16(13-19(20)22)8-10-21(26)23-14-17-3-5-18(6-4-17)15-25-12-2-11-24-25/h2-7,9,11-13H,8,10,14-15H2,1H3,(H,23,26). The van der Waals surface area contributed by atoms with Gasteiger partial charge in [0.05, 0.1) is 18.7 Å². The molecular formula is C21H22ClN3O2. The minimum Gasteiger partial charge on any atom is -0.495 e. The van der Waals surface area contributed by atoms with Crippen molar-refractivity contribution in [1.29, 1.82) is 0 Å². The number of aromatic nitrogens is 2. The number of carbonyl (C=O) groups excluding carboxylic acids is 1. The highest BCUT2D eigenvalue weighted by atomic mass is 35.5. The van der Waals surface area contributed by atoms with Crippen LogP contribution in [0, 0.1) is 0 Å². The van der Waals surface area contributed by atoms with Gasteiger partial charge in [0.25, 0.3) is 0 Å². The Kier molecular flexibility index (Phi) is 6.49. The summed E-state index contributed by atoms with van der Waals surface area (Å²) in [5.41, 5.74) is 3.25. The minimum absolute atomic E-state index is 0.0163. The first kappa shape index (κ1) is 19.0. The second-order valence-electron chi connectivity index (χ2n) is 6.27. The number of benzene rings is 2. The molecule has 140 valence electrons. The van der Waals surface area contributed by atoms with Crippen LogP contribution in [-0.2, 0) is 24.3 Å². The van der Waals surface area contributed by atoms with Gasteiger partial charge < -0.3 is 10.1 Å². The van der Waals surface area contributed by atoms with Gasteiger partial charge in [-0.15, -0.1) is 0 Å². The second-order valence-corrected chi connectivity index (χ2v) is 6.67. The summed E-state index contributed by atoms with van der Waals surface area (Å²) in [5, 5.41) is 7.72. The molecule has 1 heterocycles. The predicted octanol–water partition coefficient (Wildman–Crippen LogP) is 3.84. The van der Waals surface area contributed by atoms with E-state index in [0.29, 0.717) is 30.2 Å². The van der Waals surface area contributed by atoms with Crippen LogP contribution >= 0.6 is 11.6 Å². The van der Waals surface area contributed by atoms with Crippen LogP contribution in [0.4, 0.5) is 0 Å². The van der Waals surface area contributed by atoms with Gasteiger partial charge in [-0.25, -0.2) is 0 Å². The van der Waals surface area contributed by atoms with Gasteiger partial charge in [-0.2, -0.15) is 5.10 Å². The van der Waals surface area contributed by atoms with Crippen molar-refractivity contribution < 1.29 is 9.53 Å². The highest BCUT2D eigenvalue weighted by Crippen LogP contribution is 2.25. The Morgan fingerprint density at radius 2 is 1.89 bits per heavy atom. The molecule has 0 aliphatic rings. The first-order valence-electron chi connectivity index (χ1n) is 8.78. The summed E-state index contributed by atoms with van der Waals surface area (Å²) in [6.07, 6.45) is 4.76. The van der Waals surface area contributed by atoms with Gasteiger partial charge in [0.1, 0.15) is 5.75 Å². The lowest BCUT2D eigenvalue weighted by atomic mass is 10.1. The molecular weight excluding hydrogens is 362 g/mol. The molecule has 1 amide bonds. The van der Waals surface area contributed by atoms with Crippen molar-refractivity contribution in [2.24, 2.45) is 0 Å². The Morgan fingerprint density at radius 1 is 1.15 bits per heavy atom. The van der Waals surface area contributed by atoms with Crippen LogP contribution in [0.2, 0.25) is 5.02 Å². The highest BCUT2D eigenvalue weighted by Gasteiger charge is 2.06. The fraction of sp³-hybridized carbons (Fsp3) is 0.238. The van der Waals surface area contributed by atoms with E-state index < -0.39 is 0 Å². The molecule has 1 aromatic heterocycles. The minimum atomic E-state index is 0.0163. The summed E-state index contributed by atoms with van der Waals surface area (Å²) >= 11 is 6.11. The zero-order valence-corrected chi connectivity index (χ0v) is 15.9. The summed E-state index contributed by atoms with van der Waals surface area (Å²) in [6.45, 7) is 1.26. The number of hydrogen-bond donors (Lipinski definition) is 1. The smallest absolute Gasteiger partial charge is 0.220 e. The van der Waals surface area contributed by atoms with E-state index in [1.807, 2.05) is 47.3 Å². The van der Waals surface area contributed by atoms with Crippen LogP contribution in [0.3, 0.4) is 0 Å². The van der Waals surface area contributed by atoms with Crippen LogP contribution in [0.5, 0.6) is 5.75 Å². The normalized spacial score (nSPS) is 10.6. The van der Waals surface area contributed by atoms with Crippen molar-refractivity contribution in [1.82, 2.24) is 15.1 Å². The molecule has 5 nitrogen and oxygen atoms in total. The molecule has 0 aliphatic heterocycles. The Labute approximate surface area is 163 Å². The van der Waals surface area contributed by atoms with Crippen molar-refractivity contribution in [2.45, 2.75) is 25.9 Å². The Hall–Kier alpha value is -2.79. The Balaban J connectivity index is 1.44. The van der Waals surface area contributed by atoms with Gasteiger partial charge >= 0.3 is 0 Å². The van der Waals surface area contributed by atoms with Crippen LogP contribution in [0.15, 0.2) is 60.9 Å². The molecule has 2 aromatic carbocycles. The predicted molar refractivity (Wildman–Crippen MR) is 106 cm³/mol. The molecule has 0 bridgehead atoms. The summed E-state index contributed by atoms with van der Waals surface area (Å²) in [6, 6.07) is 15.7. The largest absolute Gasteiger partial charge is 0.495 e.